The third-order valence-electron chi connectivity index (χ3n) is 2.68. The number of carbonyl (C=O) groups excluding carboxylic acids is 1. The van der Waals surface area contributed by atoms with Gasteiger partial charge in [-0.2, -0.15) is 0 Å². The molecule has 1 amide bonds. The van der Waals surface area contributed by atoms with Crippen molar-refractivity contribution in [1.29, 1.82) is 0 Å². The highest BCUT2D eigenvalue weighted by atomic mass is 32.1. The second-order valence-corrected chi connectivity index (χ2v) is 5.90. The van der Waals surface area contributed by atoms with Crippen LogP contribution in [-0.2, 0) is 0 Å². The molecule has 0 fully saturated rings. The summed E-state index contributed by atoms with van der Waals surface area (Å²) >= 11 is 1.46. The van der Waals surface area contributed by atoms with E-state index < -0.39 is 0 Å². The number of amides is 1. The molecule has 0 saturated heterocycles. The fourth-order valence-electron chi connectivity index (χ4n) is 1.62. The van der Waals surface area contributed by atoms with Gasteiger partial charge in [0.25, 0.3) is 5.91 Å². The van der Waals surface area contributed by atoms with E-state index in [4.69, 9.17) is 4.74 Å². The van der Waals surface area contributed by atoms with Gasteiger partial charge in [0, 0.05) is 17.8 Å². The molecule has 1 N–H and O–H groups in total. The zero-order valence-corrected chi connectivity index (χ0v) is 13.4. The van der Waals surface area contributed by atoms with Crippen LogP contribution in [0, 0.1) is 12.8 Å². The molecule has 4 heteroatoms. The van der Waals surface area contributed by atoms with Gasteiger partial charge in [0.2, 0.25) is 0 Å². The Hall–Kier alpha value is -1.55. The smallest absolute Gasteiger partial charge is 0.264 e. The third-order valence-corrected chi connectivity index (χ3v) is 3.71. The summed E-state index contributed by atoms with van der Waals surface area (Å²) in [5.74, 6) is 0.887. The Morgan fingerprint density at radius 3 is 2.90 bits per heavy atom. The van der Waals surface area contributed by atoms with Crippen molar-refractivity contribution in [2.75, 3.05) is 13.7 Å². The summed E-state index contributed by atoms with van der Waals surface area (Å²) < 4.78 is 5.77. The normalized spacial score (nSPS) is 13.0. The molecule has 3 nitrogen and oxygen atoms in total. The number of nitrogens with one attached hydrogen (secondary N) is 1. The molecular weight excluding hydrogens is 270 g/mol. The number of aryl methyl sites for hydroxylation is 1. The van der Waals surface area contributed by atoms with E-state index in [0.717, 1.165) is 11.3 Å². The second-order valence-electron chi connectivity index (χ2n) is 4.64. The highest BCUT2D eigenvalue weighted by Gasteiger charge is 2.15. The standard InChI is InChI=1S/C16H23NO2S/c1-5-6-7-8-9-12(2)11-19-14-10-13(3)20-15(14)16(18)17-4/h6-10,12H,5,11H2,1-4H3,(H,17,18)/b7-6-,9-8-. The molecule has 0 aliphatic heterocycles. The number of rotatable bonds is 7. The van der Waals surface area contributed by atoms with E-state index in [2.05, 4.69) is 31.3 Å². The fraction of sp³-hybridized carbons (Fsp3) is 0.438. The Balaban J connectivity index is 2.59. The first-order valence-corrected chi connectivity index (χ1v) is 7.68. The van der Waals surface area contributed by atoms with Gasteiger partial charge in [0.1, 0.15) is 10.6 Å². The highest BCUT2D eigenvalue weighted by Crippen LogP contribution is 2.29. The van der Waals surface area contributed by atoms with Gasteiger partial charge >= 0.3 is 0 Å². The molecule has 1 aromatic heterocycles. The van der Waals surface area contributed by atoms with Crippen LogP contribution >= 0.6 is 11.3 Å². The van der Waals surface area contributed by atoms with Gasteiger partial charge in [-0.15, -0.1) is 11.3 Å². The van der Waals surface area contributed by atoms with Crippen LogP contribution in [0.4, 0.5) is 0 Å². The molecule has 0 saturated carbocycles. The fourth-order valence-corrected chi connectivity index (χ4v) is 2.52. The lowest BCUT2D eigenvalue weighted by Gasteiger charge is -2.09. The highest BCUT2D eigenvalue weighted by molar-refractivity contribution is 7.14. The molecule has 0 aliphatic rings. The number of allylic oxidation sites excluding steroid dienone is 3. The van der Waals surface area contributed by atoms with Gasteiger partial charge in [-0.3, -0.25) is 4.79 Å². The molecule has 0 radical (unpaired) electrons. The number of carbonyl (C=O) groups is 1. The van der Waals surface area contributed by atoms with Gasteiger partial charge in [-0.25, -0.2) is 0 Å². The Morgan fingerprint density at radius 1 is 1.50 bits per heavy atom. The minimum Gasteiger partial charge on any atom is -0.491 e. The van der Waals surface area contributed by atoms with Crippen molar-refractivity contribution >= 4 is 17.2 Å². The maximum absolute atomic E-state index is 11.7. The Labute approximate surface area is 125 Å². The maximum atomic E-state index is 11.7. The molecule has 1 aromatic rings. The van der Waals surface area contributed by atoms with Crippen LogP contribution in [0.15, 0.2) is 30.4 Å². The first-order chi connectivity index (χ1) is 9.58. The van der Waals surface area contributed by atoms with Crippen LogP contribution < -0.4 is 10.1 Å². The molecule has 1 rings (SSSR count). The van der Waals surface area contributed by atoms with Crippen molar-refractivity contribution in [2.24, 2.45) is 5.92 Å². The average molecular weight is 293 g/mol. The van der Waals surface area contributed by atoms with Crippen LogP contribution in [0.2, 0.25) is 0 Å². The van der Waals surface area contributed by atoms with Crippen molar-refractivity contribution in [2.45, 2.75) is 27.2 Å². The van der Waals surface area contributed by atoms with E-state index >= 15 is 0 Å². The molecule has 0 aromatic carbocycles. The van der Waals surface area contributed by atoms with E-state index in [9.17, 15) is 4.79 Å². The lowest BCUT2D eigenvalue weighted by molar-refractivity contribution is 0.0963. The second kappa shape index (κ2) is 8.59. The summed E-state index contributed by atoms with van der Waals surface area (Å²) in [6, 6.07) is 1.92. The summed E-state index contributed by atoms with van der Waals surface area (Å²) in [5, 5.41) is 2.64. The van der Waals surface area contributed by atoms with Gasteiger partial charge in [0.05, 0.1) is 6.61 Å². The maximum Gasteiger partial charge on any atom is 0.264 e. The monoisotopic (exact) mass is 293 g/mol. The van der Waals surface area contributed by atoms with Crippen molar-refractivity contribution in [3.05, 3.63) is 40.1 Å². The van der Waals surface area contributed by atoms with E-state index in [0.29, 0.717) is 23.2 Å². The Bertz CT molecular complexity index is 489. The zero-order valence-electron chi connectivity index (χ0n) is 12.6. The molecule has 1 atom stereocenters. The number of ether oxygens (including phenoxy) is 1. The summed E-state index contributed by atoms with van der Waals surface area (Å²) in [7, 11) is 1.63. The lowest BCUT2D eigenvalue weighted by atomic mass is 10.2. The Morgan fingerprint density at radius 2 is 2.25 bits per heavy atom. The molecule has 110 valence electrons. The van der Waals surface area contributed by atoms with Crippen LogP contribution in [0.1, 0.15) is 34.8 Å². The Kier molecular flexibility index (Phi) is 7.09. The number of hydrogen-bond donors (Lipinski definition) is 1. The molecule has 1 heterocycles. The van der Waals surface area contributed by atoms with E-state index in [1.807, 2.05) is 25.1 Å². The first-order valence-electron chi connectivity index (χ1n) is 6.87. The summed E-state index contributed by atoms with van der Waals surface area (Å²) in [6.45, 7) is 6.74. The molecule has 20 heavy (non-hydrogen) atoms. The molecule has 0 bridgehead atoms. The van der Waals surface area contributed by atoms with Crippen LogP contribution in [0.3, 0.4) is 0 Å². The minimum atomic E-state index is -0.0906. The van der Waals surface area contributed by atoms with E-state index in [1.165, 1.54) is 11.3 Å². The predicted molar refractivity (Wildman–Crippen MR) is 85.7 cm³/mol. The third kappa shape index (κ3) is 5.21. The van der Waals surface area contributed by atoms with Crippen molar-refractivity contribution in [3.8, 4) is 5.75 Å². The van der Waals surface area contributed by atoms with Crippen molar-refractivity contribution in [3.63, 3.8) is 0 Å². The zero-order chi connectivity index (χ0) is 15.0. The molecular formula is C16H23NO2S. The lowest BCUT2D eigenvalue weighted by Crippen LogP contribution is -2.17. The SMILES string of the molecule is CC/C=C\C=C/C(C)COc1cc(C)sc1C(=O)NC. The van der Waals surface area contributed by atoms with E-state index in [1.54, 1.807) is 7.05 Å². The van der Waals surface area contributed by atoms with Crippen LogP contribution in [0.25, 0.3) is 0 Å². The van der Waals surface area contributed by atoms with Crippen molar-refractivity contribution < 1.29 is 9.53 Å². The molecule has 1 unspecified atom stereocenters. The summed E-state index contributed by atoms with van der Waals surface area (Å²) in [6.07, 6.45) is 9.33. The quantitative estimate of drug-likeness (QED) is 0.773. The van der Waals surface area contributed by atoms with Gasteiger partial charge in [-0.05, 0) is 19.4 Å². The van der Waals surface area contributed by atoms with E-state index in [-0.39, 0.29) is 5.91 Å². The first kappa shape index (κ1) is 16.5. The number of thiophene rings is 1. The van der Waals surface area contributed by atoms with Crippen LogP contribution in [-0.4, -0.2) is 19.6 Å². The van der Waals surface area contributed by atoms with Gasteiger partial charge < -0.3 is 10.1 Å². The van der Waals surface area contributed by atoms with Gasteiger partial charge in [0.15, 0.2) is 0 Å². The summed E-state index contributed by atoms with van der Waals surface area (Å²) in [4.78, 5) is 13.5. The minimum absolute atomic E-state index is 0.0906. The molecule has 0 aliphatic carbocycles. The number of hydrogen-bond acceptors (Lipinski definition) is 3. The molecule has 0 spiro atoms. The van der Waals surface area contributed by atoms with Crippen molar-refractivity contribution in [1.82, 2.24) is 5.32 Å². The predicted octanol–water partition coefficient (Wildman–Crippen LogP) is 3.95. The summed E-state index contributed by atoms with van der Waals surface area (Å²) in [5.41, 5.74) is 0. The average Bonchev–Trinajstić information content (AvgIpc) is 2.81. The van der Waals surface area contributed by atoms with Crippen LogP contribution in [0.5, 0.6) is 5.75 Å². The topological polar surface area (TPSA) is 38.3 Å². The van der Waals surface area contributed by atoms with Gasteiger partial charge in [-0.1, -0.05) is 38.2 Å². The largest absolute Gasteiger partial charge is 0.491 e.